The molecule has 1 unspecified atom stereocenters. The van der Waals surface area contributed by atoms with Crippen LogP contribution >= 0.6 is 0 Å². The maximum atomic E-state index is 11.8. The Balaban J connectivity index is 1.85. The minimum Gasteiger partial charge on any atom is -0.444 e. The van der Waals surface area contributed by atoms with E-state index in [1.54, 1.807) is 6.92 Å². The molecule has 1 amide bonds. The van der Waals surface area contributed by atoms with Crippen molar-refractivity contribution in [2.45, 2.75) is 25.6 Å². The first-order chi connectivity index (χ1) is 8.57. The number of carbonyl (C=O) groups is 1. The Morgan fingerprint density at radius 3 is 2.89 bits per heavy atom. The highest BCUT2D eigenvalue weighted by Gasteiger charge is 2.31. The zero-order valence-electron chi connectivity index (χ0n) is 10.4. The van der Waals surface area contributed by atoms with Gasteiger partial charge in [-0.05, 0) is 18.9 Å². The molecule has 1 fully saturated rings. The number of nitrogens with one attached hydrogen (secondary N) is 1. The van der Waals surface area contributed by atoms with E-state index in [4.69, 9.17) is 4.74 Å². The fourth-order valence-electron chi connectivity index (χ4n) is 1.86. The van der Waals surface area contributed by atoms with E-state index in [9.17, 15) is 9.90 Å². The molecule has 0 aliphatic carbocycles. The first-order valence-corrected chi connectivity index (χ1v) is 6.01. The quantitative estimate of drug-likeness (QED) is 0.830. The SMILES string of the molecule is CC1(O)CCNN(C(=O)OCc2ccccc2)C1. The van der Waals surface area contributed by atoms with Gasteiger partial charge in [-0.15, -0.1) is 0 Å². The number of amides is 1. The molecule has 0 aromatic heterocycles. The van der Waals surface area contributed by atoms with Gasteiger partial charge in [0.15, 0.2) is 0 Å². The molecule has 0 saturated carbocycles. The van der Waals surface area contributed by atoms with Crippen molar-refractivity contribution < 1.29 is 14.6 Å². The average Bonchev–Trinajstić information content (AvgIpc) is 2.36. The number of hydrazine groups is 1. The Bertz CT molecular complexity index is 406. The summed E-state index contributed by atoms with van der Waals surface area (Å²) in [6.45, 7) is 2.75. The number of aliphatic hydroxyl groups is 1. The standard InChI is InChI=1S/C13H18N2O3/c1-13(17)7-8-14-15(10-13)12(16)18-9-11-5-3-2-4-6-11/h2-6,14,17H,7-10H2,1H3. The van der Waals surface area contributed by atoms with Crippen LogP contribution < -0.4 is 5.43 Å². The monoisotopic (exact) mass is 250 g/mol. The summed E-state index contributed by atoms with van der Waals surface area (Å²) >= 11 is 0. The highest BCUT2D eigenvalue weighted by Crippen LogP contribution is 2.15. The summed E-state index contributed by atoms with van der Waals surface area (Å²) in [5.74, 6) is 0. The Hall–Kier alpha value is -1.59. The average molecular weight is 250 g/mol. The molecular weight excluding hydrogens is 232 g/mol. The topological polar surface area (TPSA) is 61.8 Å². The third kappa shape index (κ3) is 3.45. The molecule has 0 spiro atoms. The summed E-state index contributed by atoms with van der Waals surface area (Å²) in [6.07, 6.45) is 0.161. The zero-order chi connectivity index (χ0) is 13.0. The lowest BCUT2D eigenvalue weighted by atomic mass is 10.0. The predicted octanol–water partition coefficient (Wildman–Crippen LogP) is 1.28. The Labute approximate surface area is 106 Å². The maximum absolute atomic E-state index is 11.8. The van der Waals surface area contributed by atoms with E-state index < -0.39 is 11.7 Å². The summed E-state index contributed by atoms with van der Waals surface area (Å²) in [6, 6.07) is 9.50. The molecule has 0 radical (unpaired) electrons. The summed E-state index contributed by atoms with van der Waals surface area (Å²) in [5.41, 5.74) is 3.00. The van der Waals surface area contributed by atoms with Crippen LogP contribution in [0.2, 0.25) is 0 Å². The third-order valence-electron chi connectivity index (χ3n) is 2.89. The molecule has 2 rings (SSSR count). The van der Waals surface area contributed by atoms with Crippen LogP contribution in [0.5, 0.6) is 0 Å². The summed E-state index contributed by atoms with van der Waals surface area (Å²) in [5, 5.41) is 11.2. The fraction of sp³-hybridized carbons (Fsp3) is 0.462. The second-order valence-electron chi connectivity index (χ2n) is 4.78. The number of benzene rings is 1. The van der Waals surface area contributed by atoms with Crippen LogP contribution in [0.1, 0.15) is 18.9 Å². The van der Waals surface area contributed by atoms with Gasteiger partial charge in [-0.25, -0.2) is 15.2 Å². The predicted molar refractivity (Wildman–Crippen MR) is 66.6 cm³/mol. The molecule has 18 heavy (non-hydrogen) atoms. The van der Waals surface area contributed by atoms with Gasteiger partial charge in [0.05, 0.1) is 12.1 Å². The van der Waals surface area contributed by atoms with Crippen LogP contribution in [0, 0.1) is 0 Å². The number of hydrogen-bond acceptors (Lipinski definition) is 4. The molecule has 1 heterocycles. The lowest BCUT2D eigenvalue weighted by Gasteiger charge is -2.36. The highest BCUT2D eigenvalue weighted by molar-refractivity contribution is 5.67. The van der Waals surface area contributed by atoms with E-state index in [-0.39, 0.29) is 13.2 Å². The first kappa shape index (κ1) is 12.9. The molecule has 1 aliphatic rings. The van der Waals surface area contributed by atoms with Crippen molar-refractivity contribution in [2.75, 3.05) is 13.1 Å². The molecule has 1 atom stereocenters. The highest BCUT2D eigenvalue weighted by atomic mass is 16.6. The van der Waals surface area contributed by atoms with Gasteiger partial charge in [0, 0.05) is 6.54 Å². The molecule has 1 aliphatic heterocycles. The fourth-order valence-corrected chi connectivity index (χ4v) is 1.86. The van der Waals surface area contributed by atoms with Crippen LogP contribution in [-0.4, -0.2) is 34.9 Å². The molecule has 0 bridgehead atoms. The Morgan fingerprint density at radius 1 is 1.50 bits per heavy atom. The number of hydrogen-bond donors (Lipinski definition) is 2. The lowest BCUT2D eigenvalue weighted by Crippen LogP contribution is -2.56. The van der Waals surface area contributed by atoms with E-state index in [0.29, 0.717) is 13.0 Å². The number of rotatable bonds is 2. The zero-order valence-corrected chi connectivity index (χ0v) is 10.4. The van der Waals surface area contributed by atoms with E-state index >= 15 is 0 Å². The van der Waals surface area contributed by atoms with Crippen molar-refractivity contribution in [3.8, 4) is 0 Å². The van der Waals surface area contributed by atoms with Gasteiger partial charge < -0.3 is 9.84 Å². The van der Waals surface area contributed by atoms with E-state index in [0.717, 1.165) is 5.56 Å². The molecule has 1 aromatic rings. The van der Waals surface area contributed by atoms with Crippen LogP contribution in [0.15, 0.2) is 30.3 Å². The maximum Gasteiger partial charge on any atom is 0.424 e. The van der Waals surface area contributed by atoms with Crippen LogP contribution in [0.4, 0.5) is 4.79 Å². The number of β-amino-alcohol motifs (C(OH)–C–C–N with tert-alkyl or cyclic N) is 1. The largest absolute Gasteiger partial charge is 0.444 e. The van der Waals surface area contributed by atoms with Gasteiger partial charge >= 0.3 is 6.09 Å². The molecule has 5 nitrogen and oxygen atoms in total. The van der Waals surface area contributed by atoms with E-state index in [1.807, 2.05) is 30.3 Å². The van der Waals surface area contributed by atoms with Crippen LogP contribution in [-0.2, 0) is 11.3 Å². The smallest absolute Gasteiger partial charge is 0.424 e. The van der Waals surface area contributed by atoms with E-state index in [1.165, 1.54) is 5.01 Å². The molecule has 1 aromatic carbocycles. The van der Waals surface area contributed by atoms with Gasteiger partial charge in [0.25, 0.3) is 0 Å². The summed E-state index contributed by atoms with van der Waals surface area (Å²) < 4.78 is 5.17. The van der Waals surface area contributed by atoms with Crippen molar-refractivity contribution in [1.82, 2.24) is 10.4 Å². The molecule has 5 heteroatoms. The molecule has 2 N–H and O–H groups in total. The summed E-state index contributed by atoms with van der Waals surface area (Å²) in [4.78, 5) is 11.8. The second-order valence-corrected chi connectivity index (χ2v) is 4.78. The van der Waals surface area contributed by atoms with Gasteiger partial charge in [-0.1, -0.05) is 30.3 Å². The van der Waals surface area contributed by atoms with Crippen LogP contribution in [0.25, 0.3) is 0 Å². The summed E-state index contributed by atoms with van der Waals surface area (Å²) in [7, 11) is 0. The minimum atomic E-state index is -0.850. The van der Waals surface area contributed by atoms with Crippen LogP contribution in [0.3, 0.4) is 0 Å². The van der Waals surface area contributed by atoms with Crippen molar-refractivity contribution in [2.24, 2.45) is 0 Å². The Kier molecular flexibility index (Phi) is 3.84. The lowest BCUT2D eigenvalue weighted by molar-refractivity contribution is -0.0351. The minimum absolute atomic E-state index is 0.236. The van der Waals surface area contributed by atoms with Gasteiger partial charge in [-0.2, -0.15) is 0 Å². The number of carbonyl (C=O) groups excluding carboxylic acids is 1. The third-order valence-corrected chi connectivity index (χ3v) is 2.89. The normalized spacial score (nSPS) is 23.8. The van der Waals surface area contributed by atoms with Gasteiger partial charge in [0.1, 0.15) is 6.61 Å². The molecular formula is C13H18N2O3. The molecule has 98 valence electrons. The number of nitrogens with zero attached hydrogens (tertiary/aromatic N) is 1. The van der Waals surface area contributed by atoms with Crippen molar-refractivity contribution in [3.63, 3.8) is 0 Å². The van der Waals surface area contributed by atoms with E-state index in [2.05, 4.69) is 5.43 Å². The molecule has 1 saturated heterocycles. The second kappa shape index (κ2) is 5.37. The van der Waals surface area contributed by atoms with Crippen molar-refractivity contribution in [3.05, 3.63) is 35.9 Å². The van der Waals surface area contributed by atoms with Gasteiger partial charge in [-0.3, -0.25) is 0 Å². The first-order valence-electron chi connectivity index (χ1n) is 6.01. The number of ether oxygens (including phenoxy) is 1. The van der Waals surface area contributed by atoms with Crippen molar-refractivity contribution >= 4 is 6.09 Å². The van der Waals surface area contributed by atoms with Gasteiger partial charge in [0.2, 0.25) is 0 Å². The Morgan fingerprint density at radius 2 is 2.22 bits per heavy atom. The van der Waals surface area contributed by atoms with Crippen molar-refractivity contribution in [1.29, 1.82) is 0 Å².